The second kappa shape index (κ2) is 65.4. The SMILES string of the molecule is CCCCC/C=C\C/C=C\CCCCCCCC(=O)OCC(COC(=O)CCCCCCCCCCCCCCCCCCCCCCCCCCCC)OC(=O)CCCCCCCCCCCCCCCCCCC. The number of unbranched alkanes of at least 4 members (excludes halogenated alkanes) is 49. The van der Waals surface area contributed by atoms with Gasteiger partial charge in [-0.25, -0.2) is 0 Å². The highest BCUT2D eigenvalue weighted by Gasteiger charge is 2.19. The van der Waals surface area contributed by atoms with Crippen molar-refractivity contribution >= 4 is 17.9 Å². The minimum Gasteiger partial charge on any atom is -0.462 e. The molecule has 0 heterocycles. The number of allylic oxidation sites excluding steroid dienone is 4. The fraction of sp³-hybridized carbons (Fsp3) is 0.900. The molecule has 0 aliphatic carbocycles. The third-order valence-corrected chi connectivity index (χ3v) is 15.7. The molecule has 6 nitrogen and oxygen atoms in total. The van der Waals surface area contributed by atoms with Gasteiger partial charge < -0.3 is 14.2 Å². The van der Waals surface area contributed by atoms with Crippen LogP contribution in [0, 0.1) is 0 Å². The molecule has 0 radical (unpaired) electrons. The Morgan fingerprint density at radius 1 is 0.263 bits per heavy atom. The quantitative estimate of drug-likeness (QED) is 0.0261. The number of carbonyl (C=O) groups excluding carboxylic acids is 3. The van der Waals surface area contributed by atoms with E-state index in [1.54, 1.807) is 0 Å². The van der Waals surface area contributed by atoms with Crippen LogP contribution >= 0.6 is 0 Å². The first-order chi connectivity index (χ1) is 37.5. The van der Waals surface area contributed by atoms with Crippen molar-refractivity contribution in [1.82, 2.24) is 0 Å². The van der Waals surface area contributed by atoms with Crippen molar-refractivity contribution in [3.63, 3.8) is 0 Å². The first kappa shape index (κ1) is 73.9. The highest BCUT2D eigenvalue weighted by Crippen LogP contribution is 2.19. The second-order valence-electron chi connectivity index (χ2n) is 23.5. The maximum absolute atomic E-state index is 12.9. The first-order valence-corrected chi connectivity index (χ1v) is 34.3. The van der Waals surface area contributed by atoms with Gasteiger partial charge in [0, 0.05) is 19.3 Å². The van der Waals surface area contributed by atoms with E-state index in [9.17, 15) is 14.4 Å². The third kappa shape index (κ3) is 62.7. The second-order valence-corrected chi connectivity index (χ2v) is 23.5. The van der Waals surface area contributed by atoms with Crippen molar-refractivity contribution in [3.8, 4) is 0 Å². The van der Waals surface area contributed by atoms with E-state index in [-0.39, 0.29) is 31.1 Å². The van der Waals surface area contributed by atoms with Crippen molar-refractivity contribution in [2.24, 2.45) is 0 Å². The third-order valence-electron chi connectivity index (χ3n) is 15.7. The lowest BCUT2D eigenvalue weighted by Gasteiger charge is -2.18. The molecule has 0 spiro atoms. The predicted octanol–water partition coefficient (Wildman–Crippen LogP) is 23.4. The van der Waals surface area contributed by atoms with Gasteiger partial charge in [-0.15, -0.1) is 0 Å². The van der Waals surface area contributed by atoms with Crippen LogP contribution in [0.1, 0.15) is 387 Å². The fourth-order valence-corrected chi connectivity index (χ4v) is 10.5. The zero-order chi connectivity index (χ0) is 55.0. The summed E-state index contributed by atoms with van der Waals surface area (Å²) < 4.78 is 17.0. The standard InChI is InChI=1S/C70H132O6/c1-4-7-10-13-16-19-22-25-28-30-31-32-33-34-35-36-37-38-40-42-45-48-51-54-57-60-63-69(72)75-66-67(65-74-68(71)62-59-56-53-50-47-44-41-27-24-21-18-15-12-9-6-3)76-70(73)64-61-58-55-52-49-46-43-39-29-26-23-20-17-14-11-8-5-2/h18,21,27,41,67H,4-17,19-20,22-26,28-40,42-66H2,1-3H3/b21-18-,41-27-. The number of hydrogen-bond donors (Lipinski definition) is 0. The lowest BCUT2D eigenvalue weighted by molar-refractivity contribution is -0.167. The van der Waals surface area contributed by atoms with Crippen molar-refractivity contribution < 1.29 is 28.6 Å². The van der Waals surface area contributed by atoms with Crippen LogP contribution in [0.3, 0.4) is 0 Å². The Kier molecular flexibility index (Phi) is 63.6. The highest BCUT2D eigenvalue weighted by molar-refractivity contribution is 5.71. The Morgan fingerprint density at radius 2 is 0.474 bits per heavy atom. The molecule has 0 N–H and O–H groups in total. The molecule has 0 rings (SSSR count). The largest absolute Gasteiger partial charge is 0.462 e. The summed E-state index contributed by atoms with van der Waals surface area (Å²) in [4.78, 5) is 38.4. The number of hydrogen-bond acceptors (Lipinski definition) is 6. The minimum absolute atomic E-state index is 0.0694. The first-order valence-electron chi connectivity index (χ1n) is 34.3. The predicted molar refractivity (Wildman–Crippen MR) is 330 cm³/mol. The topological polar surface area (TPSA) is 78.9 Å². The summed E-state index contributed by atoms with van der Waals surface area (Å²) in [7, 11) is 0. The Labute approximate surface area is 474 Å². The van der Waals surface area contributed by atoms with Crippen LogP contribution in [0.15, 0.2) is 24.3 Å². The molecule has 0 saturated carbocycles. The van der Waals surface area contributed by atoms with E-state index < -0.39 is 6.10 Å². The molecule has 0 saturated heterocycles. The average Bonchev–Trinajstić information content (AvgIpc) is 3.42. The lowest BCUT2D eigenvalue weighted by atomic mass is 10.0. The molecule has 0 bridgehead atoms. The zero-order valence-corrected chi connectivity index (χ0v) is 51.6. The molecule has 0 aromatic heterocycles. The lowest BCUT2D eigenvalue weighted by Crippen LogP contribution is -2.30. The molecule has 1 atom stereocenters. The number of rotatable bonds is 64. The molecule has 0 fully saturated rings. The minimum atomic E-state index is -0.773. The molecule has 0 aromatic carbocycles. The van der Waals surface area contributed by atoms with Gasteiger partial charge in [0.05, 0.1) is 0 Å². The van der Waals surface area contributed by atoms with Gasteiger partial charge in [0.25, 0.3) is 0 Å². The summed E-state index contributed by atoms with van der Waals surface area (Å²) in [5.41, 5.74) is 0. The Hall–Kier alpha value is -2.11. The van der Waals surface area contributed by atoms with E-state index in [0.717, 1.165) is 77.0 Å². The normalized spacial score (nSPS) is 12.1. The van der Waals surface area contributed by atoms with Crippen LogP contribution in [-0.4, -0.2) is 37.2 Å². The van der Waals surface area contributed by atoms with Gasteiger partial charge in [-0.3, -0.25) is 14.4 Å². The summed E-state index contributed by atoms with van der Waals surface area (Å²) in [6.07, 6.45) is 79.2. The molecule has 1 unspecified atom stereocenters. The molecule has 0 aliphatic heterocycles. The maximum atomic E-state index is 12.9. The smallest absolute Gasteiger partial charge is 0.306 e. The van der Waals surface area contributed by atoms with Crippen LogP contribution in [-0.2, 0) is 28.6 Å². The van der Waals surface area contributed by atoms with Gasteiger partial charge in [0.2, 0.25) is 0 Å². The maximum Gasteiger partial charge on any atom is 0.306 e. The molecule has 76 heavy (non-hydrogen) atoms. The van der Waals surface area contributed by atoms with Gasteiger partial charge in [-0.2, -0.15) is 0 Å². The number of carbonyl (C=O) groups is 3. The average molecular weight is 1070 g/mol. The monoisotopic (exact) mass is 1070 g/mol. The van der Waals surface area contributed by atoms with Crippen LogP contribution in [0.5, 0.6) is 0 Å². The molecule has 0 aliphatic rings. The summed E-state index contributed by atoms with van der Waals surface area (Å²) in [6, 6.07) is 0. The molecular formula is C70H132O6. The van der Waals surface area contributed by atoms with E-state index in [1.807, 2.05) is 0 Å². The summed E-state index contributed by atoms with van der Waals surface area (Å²) in [5.74, 6) is -0.853. The zero-order valence-electron chi connectivity index (χ0n) is 51.6. The van der Waals surface area contributed by atoms with Gasteiger partial charge >= 0.3 is 17.9 Å². The van der Waals surface area contributed by atoms with E-state index >= 15 is 0 Å². The highest BCUT2D eigenvalue weighted by atomic mass is 16.6. The number of esters is 3. The molecule has 0 aromatic rings. The van der Waals surface area contributed by atoms with Gasteiger partial charge in [0.15, 0.2) is 6.10 Å². The van der Waals surface area contributed by atoms with Gasteiger partial charge in [-0.05, 0) is 51.4 Å². The summed E-state index contributed by atoms with van der Waals surface area (Å²) in [5, 5.41) is 0. The van der Waals surface area contributed by atoms with Crippen molar-refractivity contribution in [1.29, 1.82) is 0 Å². The Bertz CT molecular complexity index is 1230. The van der Waals surface area contributed by atoms with Crippen LogP contribution < -0.4 is 0 Å². The van der Waals surface area contributed by atoms with E-state index in [2.05, 4.69) is 45.1 Å². The fourth-order valence-electron chi connectivity index (χ4n) is 10.5. The molecule has 448 valence electrons. The Balaban J connectivity index is 4.22. The van der Waals surface area contributed by atoms with Crippen molar-refractivity contribution in [2.75, 3.05) is 13.2 Å². The Morgan fingerprint density at radius 3 is 0.750 bits per heavy atom. The van der Waals surface area contributed by atoms with E-state index in [0.29, 0.717) is 19.3 Å². The van der Waals surface area contributed by atoms with E-state index in [1.165, 1.54) is 270 Å². The summed E-state index contributed by atoms with van der Waals surface area (Å²) in [6.45, 7) is 6.68. The van der Waals surface area contributed by atoms with Gasteiger partial charge in [-0.1, -0.05) is 340 Å². The molecular weight excluding hydrogens is 937 g/mol. The van der Waals surface area contributed by atoms with Crippen LogP contribution in [0.25, 0.3) is 0 Å². The van der Waals surface area contributed by atoms with Crippen LogP contribution in [0.4, 0.5) is 0 Å². The number of ether oxygens (including phenoxy) is 3. The molecule has 6 heteroatoms. The van der Waals surface area contributed by atoms with Crippen molar-refractivity contribution in [3.05, 3.63) is 24.3 Å². The van der Waals surface area contributed by atoms with Crippen molar-refractivity contribution in [2.45, 2.75) is 393 Å². The summed E-state index contributed by atoms with van der Waals surface area (Å²) >= 11 is 0. The van der Waals surface area contributed by atoms with Gasteiger partial charge in [0.1, 0.15) is 13.2 Å². The van der Waals surface area contributed by atoms with E-state index in [4.69, 9.17) is 14.2 Å². The van der Waals surface area contributed by atoms with Crippen LogP contribution in [0.2, 0.25) is 0 Å². The molecule has 0 amide bonds.